The molecule has 98 valence electrons. The van der Waals surface area contributed by atoms with Crippen molar-refractivity contribution in [3.05, 3.63) is 64.2 Å². The fourth-order valence-corrected chi connectivity index (χ4v) is 2.60. The number of rotatable bonds is 2. The first-order chi connectivity index (χ1) is 9.07. The van der Waals surface area contributed by atoms with Crippen LogP contribution in [0, 0.1) is 0 Å². The number of ether oxygens (including phenoxy) is 1. The van der Waals surface area contributed by atoms with E-state index in [1.807, 2.05) is 43.3 Å². The normalized spacial score (nSPS) is 16.6. The molecule has 1 aliphatic heterocycles. The SMILES string of the molecule is CC(N)(c1ccc(Cl)cc1)c1ccc2c(c1)CCO2. The summed E-state index contributed by atoms with van der Waals surface area (Å²) in [6, 6.07) is 13.9. The van der Waals surface area contributed by atoms with Crippen molar-refractivity contribution < 1.29 is 4.74 Å². The summed E-state index contributed by atoms with van der Waals surface area (Å²) in [6.45, 7) is 2.79. The number of hydrogen-bond acceptors (Lipinski definition) is 2. The Hall–Kier alpha value is -1.51. The molecule has 2 aromatic carbocycles. The zero-order valence-electron chi connectivity index (χ0n) is 10.8. The minimum absolute atomic E-state index is 0.526. The van der Waals surface area contributed by atoms with Crippen LogP contribution < -0.4 is 10.5 Å². The highest BCUT2D eigenvalue weighted by atomic mass is 35.5. The van der Waals surface area contributed by atoms with Crippen LogP contribution in [0.3, 0.4) is 0 Å². The number of nitrogens with two attached hydrogens (primary N) is 1. The molecule has 0 saturated heterocycles. The quantitative estimate of drug-likeness (QED) is 0.909. The van der Waals surface area contributed by atoms with Gasteiger partial charge in [-0.3, -0.25) is 0 Å². The van der Waals surface area contributed by atoms with E-state index < -0.39 is 5.54 Å². The first kappa shape index (κ1) is 12.5. The van der Waals surface area contributed by atoms with Crippen LogP contribution in [0.25, 0.3) is 0 Å². The molecule has 0 saturated carbocycles. The predicted molar refractivity (Wildman–Crippen MR) is 77.7 cm³/mol. The lowest BCUT2D eigenvalue weighted by Gasteiger charge is -2.26. The summed E-state index contributed by atoms with van der Waals surface area (Å²) in [5.41, 5.74) is 9.38. The molecule has 1 atom stereocenters. The second kappa shape index (κ2) is 4.55. The Morgan fingerprint density at radius 1 is 1.11 bits per heavy atom. The van der Waals surface area contributed by atoms with E-state index in [-0.39, 0.29) is 0 Å². The third-order valence-electron chi connectivity index (χ3n) is 3.73. The van der Waals surface area contributed by atoms with Crippen molar-refractivity contribution >= 4 is 11.6 Å². The van der Waals surface area contributed by atoms with Crippen LogP contribution in [0.2, 0.25) is 5.02 Å². The van der Waals surface area contributed by atoms with Crippen LogP contribution in [0.1, 0.15) is 23.6 Å². The predicted octanol–water partition coefficient (Wildman–Crippen LogP) is 3.50. The van der Waals surface area contributed by atoms with Gasteiger partial charge in [0.2, 0.25) is 0 Å². The van der Waals surface area contributed by atoms with Gasteiger partial charge < -0.3 is 10.5 Å². The molecule has 0 spiro atoms. The molecule has 2 nitrogen and oxygen atoms in total. The minimum atomic E-state index is -0.526. The molecule has 2 aromatic rings. The van der Waals surface area contributed by atoms with E-state index in [0.29, 0.717) is 0 Å². The van der Waals surface area contributed by atoms with Crippen LogP contribution in [0.5, 0.6) is 5.75 Å². The Labute approximate surface area is 118 Å². The topological polar surface area (TPSA) is 35.2 Å². The molecule has 3 heteroatoms. The van der Waals surface area contributed by atoms with Gasteiger partial charge in [0.15, 0.2) is 0 Å². The fraction of sp³-hybridized carbons (Fsp3) is 0.250. The summed E-state index contributed by atoms with van der Waals surface area (Å²) < 4.78 is 5.53. The van der Waals surface area contributed by atoms with Gasteiger partial charge in [-0.15, -0.1) is 0 Å². The molecular weight excluding hydrogens is 258 g/mol. The number of hydrogen-bond donors (Lipinski definition) is 1. The monoisotopic (exact) mass is 273 g/mol. The molecule has 0 aromatic heterocycles. The first-order valence-electron chi connectivity index (χ1n) is 6.38. The lowest BCUT2D eigenvalue weighted by molar-refractivity contribution is 0.356. The van der Waals surface area contributed by atoms with Crippen molar-refractivity contribution in [1.82, 2.24) is 0 Å². The molecular formula is C16H16ClNO. The highest BCUT2D eigenvalue weighted by Gasteiger charge is 2.25. The highest BCUT2D eigenvalue weighted by molar-refractivity contribution is 6.30. The average Bonchev–Trinajstić information content (AvgIpc) is 2.86. The largest absolute Gasteiger partial charge is 0.493 e. The Kier molecular flexibility index (Phi) is 3.00. The summed E-state index contributed by atoms with van der Waals surface area (Å²) in [5.74, 6) is 0.982. The summed E-state index contributed by atoms with van der Waals surface area (Å²) >= 11 is 5.93. The van der Waals surface area contributed by atoms with Crippen molar-refractivity contribution in [2.75, 3.05) is 6.61 Å². The summed E-state index contributed by atoms with van der Waals surface area (Å²) in [6.07, 6.45) is 0.958. The second-order valence-corrected chi connectivity index (χ2v) is 5.57. The molecule has 0 bridgehead atoms. The zero-order chi connectivity index (χ0) is 13.5. The minimum Gasteiger partial charge on any atom is -0.493 e. The third-order valence-corrected chi connectivity index (χ3v) is 3.99. The van der Waals surface area contributed by atoms with E-state index in [2.05, 4.69) is 6.07 Å². The van der Waals surface area contributed by atoms with E-state index in [4.69, 9.17) is 22.1 Å². The molecule has 1 aliphatic rings. The first-order valence-corrected chi connectivity index (χ1v) is 6.76. The third kappa shape index (κ3) is 2.22. The lowest BCUT2D eigenvalue weighted by atomic mass is 9.85. The van der Waals surface area contributed by atoms with Crippen LogP contribution in [-0.4, -0.2) is 6.61 Å². The van der Waals surface area contributed by atoms with E-state index in [1.165, 1.54) is 5.56 Å². The Bertz CT molecular complexity index is 605. The number of benzene rings is 2. The van der Waals surface area contributed by atoms with E-state index in [1.54, 1.807) is 0 Å². The Balaban J connectivity index is 2.02. The Morgan fingerprint density at radius 2 is 1.79 bits per heavy atom. The van der Waals surface area contributed by atoms with Crippen molar-refractivity contribution in [3.8, 4) is 5.75 Å². The maximum absolute atomic E-state index is 6.52. The lowest BCUT2D eigenvalue weighted by Crippen LogP contribution is -2.34. The molecule has 19 heavy (non-hydrogen) atoms. The van der Waals surface area contributed by atoms with Gasteiger partial charge in [-0.25, -0.2) is 0 Å². The van der Waals surface area contributed by atoms with Crippen LogP contribution in [-0.2, 0) is 12.0 Å². The molecule has 0 fully saturated rings. The van der Waals surface area contributed by atoms with Crippen LogP contribution in [0.4, 0.5) is 0 Å². The van der Waals surface area contributed by atoms with Gasteiger partial charge in [0.1, 0.15) is 5.75 Å². The molecule has 0 aliphatic carbocycles. The van der Waals surface area contributed by atoms with Gasteiger partial charge in [0.05, 0.1) is 12.1 Å². The van der Waals surface area contributed by atoms with E-state index in [0.717, 1.165) is 34.9 Å². The van der Waals surface area contributed by atoms with Gasteiger partial charge in [-0.05, 0) is 47.9 Å². The van der Waals surface area contributed by atoms with Crippen molar-refractivity contribution in [1.29, 1.82) is 0 Å². The maximum atomic E-state index is 6.52. The van der Waals surface area contributed by atoms with E-state index in [9.17, 15) is 0 Å². The van der Waals surface area contributed by atoms with Gasteiger partial charge >= 0.3 is 0 Å². The van der Waals surface area contributed by atoms with Gasteiger partial charge in [0.25, 0.3) is 0 Å². The maximum Gasteiger partial charge on any atom is 0.122 e. The van der Waals surface area contributed by atoms with Crippen molar-refractivity contribution in [3.63, 3.8) is 0 Å². The summed E-state index contributed by atoms with van der Waals surface area (Å²) in [4.78, 5) is 0. The van der Waals surface area contributed by atoms with Crippen LogP contribution in [0.15, 0.2) is 42.5 Å². The molecule has 0 amide bonds. The smallest absolute Gasteiger partial charge is 0.122 e. The van der Waals surface area contributed by atoms with Crippen molar-refractivity contribution in [2.24, 2.45) is 5.73 Å². The Morgan fingerprint density at radius 3 is 2.53 bits per heavy atom. The number of fused-ring (bicyclic) bond motifs is 1. The van der Waals surface area contributed by atoms with Gasteiger partial charge in [-0.2, -0.15) is 0 Å². The number of halogens is 1. The highest BCUT2D eigenvalue weighted by Crippen LogP contribution is 2.33. The summed E-state index contributed by atoms with van der Waals surface area (Å²) in [7, 11) is 0. The molecule has 0 radical (unpaired) electrons. The van der Waals surface area contributed by atoms with Gasteiger partial charge in [0, 0.05) is 11.4 Å². The second-order valence-electron chi connectivity index (χ2n) is 5.13. The van der Waals surface area contributed by atoms with Gasteiger partial charge in [-0.1, -0.05) is 29.8 Å². The molecule has 3 rings (SSSR count). The van der Waals surface area contributed by atoms with Crippen LogP contribution >= 0.6 is 11.6 Å². The standard InChI is InChI=1S/C16H16ClNO/c1-16(18,12-2-5-14(17)6-3-12)13-4-7-15-11(10-13)8-9-19-15/h2-7,10H,8-9,18H2,1H3. The van der Waals surface area contributed by atoms with E-state index >= 15 is 0 Å². The average molecular weight is 274 g/mol. The fourth-order valence-electron chi connectivity index (χ4n) is 2.47. The molecule has 1 unspecified atom stereocenters. The zero-order valence-corrected chi connectivity index (χ0v) is 11.6. The summed E-state index contributed by atoms with van der Waals surface area (Å²) in [5, 5.41) is 0.724. The molecule has 1 heterocycles. The van der Waals surface area contributed by atoms with Crippen molar-refractivity contribution in [2.45, 2.75) is 18.9 Å². The molecule has 2 N–H and O–H groups in total.